The number of carbonyl (C=O) groups excluding carboxylic acids is 2. The maximum absolute atomic E-state index is 13.4. The highest BCUT2D eigenvalue weighted by atomic mass is 35.5. The zero-order chi connectivity index (χ0) is 89.1. The molecule has 4 unspecified atom stereocenters. The monoisotopic (exact) mass is 1830 g/mol. The zero-order valence-corrected chi connectivity index (χ0v) is 77.0. The fourth-order valence-electron chi connectivity index (χ4n) is 17.5. The van der Waals surface area contributed by atoms with E-state index < -0.39 is 58.9 Å². The van der Waals surface area contributed by atoms with E-state index in [2.05, 4.69) is 122 Å². The van der Waals surface area contributed by atoms with Gasteiger partial charge in [0.15, 0.2) is 5.78 Å². The number of para-hydroxylation sites is 2. The van der Waals surface area contributed by atoms with Crippen molar-refractivity contribution in [3.8, 4) is 0 Å². The second-order valence-corrected chi connectivity index (χ2v) is 47.4. The SMILES string of the molecule is C=S(C)(=O)N1CC=C(c2c(C)[nH]c3ccccc23)CC1.C=S(C)(=O)N1CC=C(c2c[nH]c3ccc(Cl)cc23)CC1.C=S(C)(=O)N1CCC(c2c(C)[nH]c3ccccc23)CC1.C=S(C)(=O)N1CCC(c2c[nH]c3ccc(F)cc23)CC1.CS(=O)(=O)N1CCC(C(=O)c2c[nH]c3cc(F)ccc23)CC1.CS(=O)(=O)N1CCN(C(=O)c2c[nH]c3cc(F)ccc23)CC1. The normalized spacial score (nSPS) is 19.4. The summed E-state index contributed by atoms with van der Waals surface area (Å²) >= 11 is 6.08. The molecule has 0 spiro atoms. The topological polar surface area (TPSA) is 288 Å². The van der Waals surface area contributed by atoms with E-state index in [0.717, 1.165) is 105 Å². The van der Waals surface area contributed by atoms with Crippen molar-refractivity contribution in [1.82, 2.24) is 60.6 Å². The van der Waals surface area contributed by atoms with Gasteiger partial charge in [-0.15, -0.1) is 0 Å². The van der Waals surface area contributed by atoms with Crippen molar-refractivity contribution >= 4 is 182 Å². The van der Waals surface area contributed by atoms with E-state index in [-0.39, 0.29) is 35.1 Å². The number of rotatable bonds is 13. The van der Waals surface area contributed by atoms with E-state index in [1.807, 2.05) is 53.9 Å². The third-order valence-corrected chi connectivity index (χ3v) is 32.8. The molecule has 18 rings (SSSR count). The largest absolute Gasteiger partial charge is 0.361 e. The second kappa shape index (κ2) is 38.3. The summed E-state index contributed by atoms with van der Waals surface area (Å²) in [4.78, 5) is 46.0. The molecule has 124 heavy (non-hydrogen) atoms. The first-order valence-corrected chi connectivity index (χ1v) is 53.6. The number of aromatic nitrogens is 6. The molecular formula is C91H111ClF3N13O10S6. The molecule has 12 heterocycles. The van der Waals surface area contributed by atoms with Gasteiger partial charge < -0.3 is 34.8 Å². The molecule has 4 fully saturated rings. The number of hydrogen-bond donors (Lipinski definition) is 6. The van der Waals surface area contributed by atoms with E-state index in [0.29, 0.717) is 110 Å². The number of hydrogen-bond acceptors (Lipinski definition) is 10. The molecule has 23 nitrogen and oxygen atoms in total. The van der Waals surface area contributed by atoms with Crippen molar-refractivity contribution in [2.45, 2.75) is 77.0 Å². The Labute approximate surface area is 731 Å². The number of H-pyrrole nitrogens is 6. The predicted molar refractivity (Wildman–Crippen MR) is 510 cm³/mol. The molecule has 6 aliphatic heterocycles. The van der Waals surface area contributed by atoms with Crippen LogP contribution in [0.15, 0.2) is 158 Å². The highest BCUT2D eigenvalue weighted by Crippen LogP contribution is 2.39. The van der Waals surface area contributed by atoms with Crippen LogP contribution in [0.25, 0.3) is 76.6 Å². The van der Waals surface area contributed by atoms with Crippen LogP contribution < -0.4 is 0 Å². The Morgan fingerprint density at radius 1 is 0.403 bits per heavy atom. The lowest BCUT2D eigenvalue weighted by molar-refractivity contribution is 0.0700. The van der Waals surface area contributed by atoms with Gasteiger partial charge in [0.25, 0.3) is 5.91 Å². The molecule has 6 aromatic carbocycles. The van der Waals surface area contributed by atoms with Crippen molar-refractivity contribution in [2.75, 3.05) is 129 Å². The Kier molecular flexibility index (Phi) is 28.6. The molecule has 0 bridgehead atoms. The molecule has 664 valence electrons. The first kappa shape index (κ1) is 92.7. The molecule has 6 aliphatic rings. The Balaban J connectivity index is 0.000000128. The third-order valence-electron chi connectivity index (χ3n) is 24.2. The summed E-state index contributed by atoms with van der Waals surface area (Å²) in [5.74, 6) is 14.7. The highest BCUT2D eigenvalue weighted by Gasteiger charge is 2.34. The molecule has 1 amide bonds. The number of piperazine rings is 1. The molecule has 0 saturated carbocycles. The lowest BCUT2D eigenvalue weighted by Gasteiger charge is -2.33. The van der Waals surface area contributed by atoms with Gasteiger partial charge in [0.2, 0.25) is 20.0 Å². The lowest BCUT2D eigenvalue weighted by atomic mass is 9.88. The van der Waals surface area contributed by atoms with Crippen molar-refractivity contribution in [2.24, 2.45) is 5.92 Å². The van der Waals surface area contributed by atoms with Gasteiger partial charge in [0.1, 0.15) is 17.5 Å². The van der Waals surface area contributed by atoms with Gasteiger partial charge >= 0.3 is 0 Å². The number of benzene rings is 6. The number of fused-ring (bicyclic) bond motifs is 6. The van der Waals surface area contributed by atoms with Crippen molar-refractivity contribution < 1.29 is 56.4 Å². The van der Waals surface area contributed by atoms with E-state index in [1.54, 1.807) is 66.6 Å². The van der Waals surface area contributed by atoms with Crippen molar-refractivity contribution in [3.05, 3.63) is 226 Å². The fourth-order valence-corrected chi connectivity index (χ4v) is 23.1. The van der Waals surface area contributed by atoms with E-state index in [1.165, 1.54) is 118 Å². The summed E-state index contributed by atoms with van der Waals surface area (Å²) in [5, 5.41) is 6.84. The summed E-state index contributed by atoms with van der Waals surface area (Å²) in [7, 11) is -14.8. The van der Waals surface area contributed by atoms with Crippen LogP contribution >= 0.6 is 11.6 Å². The minimum absolute atomic E-state index is 0.00832. The quantitative estimate of drug-likeness (QED) is 0.0469. The highest BCUT2D eigenvalue weighted by molar-refractivity contribution is 7.98. The Morgan fingerprint density at radius 2 is 0.847 bits per heavy atom. The second-order valence-electron chi connectivity index (χ2n) is 33.2. The molecule has 6 aromatic heterocycles. The number of Topliss-reactive ketones (excluding diaryl/α,β-unsaturated/α-hetero) is 1. The van der Waals surface area contributed by atoms with Gasteiger partial charge in [-0.25, -0.2) is 51.5 Å². The van der Waals surface area contributed by atoms with Gasteiger partial charge in [-0.2, -0.15) is 4.31 Å². The van der Waals surface area contributed by atoms with Gasteiger partial charge in [0.05, 0.1) is 18.1 Å². The van der Waals surface area contributed by atoms with Crippen LogP contribution in [-0.2, 0) is 58.9 Å². The van der Waals surface area contributed by atoms with Gasteiger partial charge in [0, 0.05) is 285 Å². The first-order valence-electron chi connectivity index (χ1n) is 41.2. The van der Waals surface area contributed by atoms with Crippen LogP contribution in [-0.4, -0.2) is 259 Å². The number of ketones is 1. The zero-order valence-electron chi connectivity index (χ0n) is 71.3. The molecule has 12 aromatic rings. The van der Waals surface area contributed by atoms with Crippen LogP contribution in [0.2, 0.25) is 5.02 Å². The number of aryl methyl sites for hydroxylation is 2. The van der Waals surface area contributed by atoms with Gasteiger partial charge in [-0.05, 0) is 208 Å². The number of carbonyl (C=O) groups is 2. The van der Waals surface area contributed by atoms with Crippen LogP contribution in [0.5, 0.6) is 0 Å². The van der Waals surface area contributed by atoms with Crippen LogP contribution in [0.4, 0.5) is 13.2 Å². The minimum Gasteiger partial charge on any atom is -0.361 e. The van der Waals surface area contributed by atoms with Gasteiger partial charge in [-0.1, -0.05) is 60.2 Å². The standard InChI is InChI=1S/C16H22N2OS.C16H20N2OS.C15H17ClN2OS.C15H17FN2O3S.C15H19FN2OS.C14H16FN3O3S/c2*1-12-16(14-6-4-5-7-15(14)17-12)13-8-10-18(11-9-13)20(2,3)19;1-20(2,19)18-7-5-11(6-8-18)14-10-17-15-4-3-12(16)9-13(14)15;1-22(20,21)18-6-4-10(5-7-18)15(19)13-9-17-14-8-11(16)2-3-12(13)14;1-20(2,19)18-7-5-11(6-8-18)14-10-17-15-4-3-12(16)9-13(14)15;1-22(20,21)18-6-4-17(5-7-18)14(19)12-9-16-13-8-10(15)2-3-11(12)13/h4-7,13,17H,2,8-11H2,1,3H3;4-8,17H,2,9-11H2,1,3H3;3-5,9-10,17H,1,6-8H2,2H3;2-3,8-10,17H,4-7H2,1H3;3-4,9-11,17H,1,5-8H2,2H3;2-3,8-9,16H,4-7H2,1H3. The Morgan fingerprint density at radius 3 is 1.39 bits per heavy atom. The summed E-state index contributed by atoms with van der Waals surface area (Å²) in [5.41, 5.74) is 16.9. The van der Waals surface area contributed by atoms with Crippen molar-refractivity contribution in [1.29, 1.82) is 0 Å². The molecule has 6 N–H and O–H groups in total. The maximum atomic E-state index is 13.4. The molecule has 33 heteroatoms. The maximum Gasteiger partial charge on any atom is 0.256 e. The molecule has 0 radical (unpaired) electrons. The summed E-state index contributed by atoms with van der Waals surface area (Å²) in [6.45, 7) is 12.6. The predicted octanol–water partition coefficient (Wildman–Crippen LogP) is 14.8. The average molecular weight is 1830 g/mol. The molecule has 4 saturated heterocycles. The van der Waals surface area contributed by atoms with E-state index in [4.69, 9.17) is 11.6 Å². The third kappa shape index (κ3) is 22.1. The number of nitrogens with zero attached hydrogens (tertiary/aromatic N) is 7. The Bertz CT molecular complexity index is 6620. The fraction of sp³-hybridized carbons (Fsp3) is 0.363. The number of sulfonamides is 2. The number of halogens is 4. The Hall–Kier alpha value is -9.00. The molecule has 0 aliphatic carbocycles. The lowest BCUT2D eigenvalue weighted by Crippen LogP contribution is -2.50. The van der Waals surface area contributed by atoms with Crippen LogP contribution in [0.3, 0.4) is 0 Å². The van der Waals surface area contributed by atoms with Crippen LogP contribution in [0.1, 0.15) is 118 Å². The number of nitrogens with one attached hydrogen (secondary N) is 6. The first-order chi connectivity index (χ1) is 58.5. The number of aromatic amines is 6. The summed E-state index contributed by atoms with van der Waals surface area (Å²) < 4.78 is 144. The summed E-state index contributed by atoms with van der Waals surface area (Å²) in [6.07, 6.45) is 27.5. The van der Waals surface area contributed by atoms with E-state index >= 15 is 0 Å². The summed E-state index contributed by atoms with van der Waals surface area (Å²) in [6, 6.07) is 36.1. The minimum atomic E-state index is -3.22. The molecule has 4 atom stereocenters. The average Bonchev–Trinajstić information content (AvgIpc) is 1.58. The van der Waals surface area contributed by atoms with E-state index in [9.17, 15) is 56.4 Å². The van der Waals surface area contributed by atoms with Crippen LogP contribution in [0, 0.1) is 37.2 Å². The smallest absolute Gasteiger partial charge is 0.256 e. The molecular weight excluding hydrogens is 1720 g/mol. The number of piperidine rings is 3. The van der Waals surface area contributed by atoms with Gasteiger partial charge in [-0.3, -0.25) is 26.4 Å². The van der Waals surface area contributed by atoms with Crippen molar-refractivity contribution in [3.63, 3.8) is 0 Å². The number of amides is 1.